The van der Waals surface area contributed by atoms with Crippen LogP contribution < -0.4 is 0 Å². The lowest BCUT2D eigenvalue weighted by molar-refractivity contribution is -0.135. The molecule has 3 rings (SSSR count). The molecule has 126 valence electrons. The Bertz CT molecular complexity index is 627. The van der Waals surface area contributed by atoms with Gasteiger partial charge in [0, 0.05) is 25.0 Å². The number of amides is 1. The summed E-state index contributed by atoms with van der Waals surface area (Å²) in [6.45, 7) is 1.83. The van der Waals surface area contributed by atoms with Crippen molar-refractivity contribution in [3.8, 4) is 0 Å². The SMILES string of the molecule is O=C(C(CSc1ccccn1)Cc1ccccc1)N1CCCCC1. The fraction of sp³-hybridized carbons (Fsp3) is 0.400. The highest BCUT2D eigenvalue weighted by molar-refractivity contribution is 7.99. The zero-order valence-corrected chi connectivity index (χ0v) is 14.8. The van der Waals surface area contributed by atoms with E-state index in [1.165, 1.54) is 12.0 Å². The van der Waals surface area contributed by atoms with Gasteiger partial charge in [0.1, 0.15) is 0 Å². The van der Waals surface area contributed by atoms with Gasteiger partial charge in [-0.2, -0.15) is 0 Å². The predicted octanol–water partition coefficient (Wildman–Crippen LogP) is 4.05. The maximum atomic E-state index is 13.0. The van der Waals surface area contributed by atoms with Crippen molar-refractivity contribution in [1.29, 1.82) is 0 Å². The second-order valence-electron chi connectivity index (χ2n) is 6.25. The molecule has 1 fully saturated rings. The molecule has 1 aliphatic heterocycles. The van der Waals surface area contributed by atoms with E-state index < -0.39 is 0 Å². The van der Waals surface area contributed by atoms with Gasteiger partial charge in [-0.3, -0.25) is 4.79 Å². The fourth-order valence-electron chi connectivity index (χ4n) is 3.11. The number of carbonyl (C=O) groups excluding carboxylic acids is 1. The molecule has 2 aromatic rings. The minimum atomic E-state index is 0.0116. The standard InChI is InChI=1S/C20H24N2OS/c23-20(22-13-7-2-8-14-22)18(15-17-9-3-1-4-10-17)16-24-19-11-5-6-12-21-19/h1,3-6,9-12,18H,2,7-8,13-16H2. The Balaban J connectivity index is 1.68. The minimum Gasteiger partial charge on any atom is -0.342 e. The number of piperidine rings is 1. The number of likely N-dealkylation sites (tertiary alicyclic amines) is 1. The molecule has 1 unspecified atom stereocenters. The molecule has 1 amide bonds. The third kappa shape index (κ3) is 4.84. The molecule has 0 spiro atoms. The molecular formula is C20H24N2OS. The third-order valence-corrected chi connectivity index (χ3v) is 5.52. The molecule has 2 heterocycles. The van der Waals surface area contributed by atoms with Gasteiger partial charge < -0.3 is 4.90 Å². The number of nitrogens with zero attached hydrogens (tertiary/aromatic N) is 2. The number of pyridine rings is 1. The van der Waals surface area contributed by atoms with Crippen LogP contribution in [0.5, 0.6) is 0 Å². The molecule has 1 saturated heterocycles. The van der Waals surface area contributed by atoms with Crippen molar-refractivity contribution < 1.29 is 4.79 Å². The summed E-state index contributed by atoms with van der Waals surface area (Å²) in [5.74, 6) is 1.10. The molecule has 3 nitrogen and oxygen atoms in total. The summed E-state index contributed by atoms with van der Waals surface area (Å²) in [5, 5.41) is 0.988. The van der Waals surface area contributed by atoms with Crippen molar-refractivity contribution in [2.45, 2.75) is 30.7 Å². The summed E-state index contributed by atoms with van der Waals surface area (Å²) in [4.78, 5) is 19.4. The van der Waals surface area contributed by atoms with Gasteiger partial charge in [-0.05, 0) is 43.4 Å². The molecule has 0 N–H and O–H groups in total. The van der Waals surface area contributed by atoms with Gasteiger partial charge in [0.05, 0.1) is 10.9 Å². The molecule has 1 aromatic heterocycles. The fourth-order valence-corrected chi connectivity index (χ4v) is 4.05. The Labute approximate surface area is 148 Å². The Morgan fingerprint density at radius 1 is 1.04 bits per heavy atom. The molecule has 0 bridgehead atoms. The van der Waals surface area contributed by atoms with Crippen molar-refractivity contribution in [3.63, 3.8) is 0 Å². The van der Waals surface area contributed by atoms with E-state index in [4.69, 9.17) is 0 Å². The lowest BCUT2D eigenvalue weighted by atomic mass is 9.98. The van der Waals surface area contributed by atoms with Crippen LogP contribution in [0.4, 0.5) is 0 Å². The van der Waals surface area contributed by atoms with Crippen molar-refractivity contribution in [1.82, 2.24) is 9.88 Å². The van der Waals surface area contributed by atoms with Crippen LogP contribution in [0.25, 0.3) is 0 Å². The highest BCUT2D eigenvalue weighted by atomic mass is 32.2. The Morgan fingerprint density at radius 2 is 1.79 bits per heavy atom. The molecule has 0 aliphatic carbocycles. The molecule has 1 aliphatic rings. The molecule has 0 radical (unpaired) electrons. The number of thioether (sulfide) groups is 1. The van der Waals surface area contributed by atoms with E-state index in [2.05, 4.69) is 22.0 Å². The van der Waals surface area contributed by atoms with Crippen LogP contribution in [0, 0.1) is 5.92 Å². The third-order valence-electron chi connectivity index (χ3n) is 4.41. The number of carbonyl (C=O) groups is 1. The van der Waals surface area contributed by atoms with E-state index in [0.717, 1.165) is 43.1 Å². The zero-order chi connectivity index (χ0) is 16.6. The van der Waals surface area contributed by atoms with Gasteiger partial charge in [-0.25, -0.2) is 4.98 Å². The summed E-state index contributed by atoms with van der Waals surface area (Å²) < 4.78 is 0. The van der Waals surface area contributed by atoms with Crippen LogP contribution in [0.3, 0.4) is 0 Å². The van der Waals surface area contributed by atoms with Crippen LogP contribution in [0.15, 0.2) is 59.8 Å². The summed E-state index contributed by atoms with van der Waals surface area (Å²) in [7, 11) is 0. The second-order valence-corrected chi connectivity index (χ2v) is 7.29. The van der Waals surface area contributed by atoms with Crippen molar-refractivity contribution in [3.05, 3.63) is 60.3 Å². The molecule has 24 heavy (non-hydrogen) atoms. The van der Waals surface area contributed by atoms with Crippen LogP contribution in [-0.4, -0.2) is 34.6 Å². The molecule has 4 heteroatoms. The van der Waals surface area contributed by atoms with E-state index >= 15 is 0 Å². The van der Waals surface area contributed by atoms with Gasteiger partial charge in [0.2, 0.25) is 5.91 Å². The number of hydrogen-bond acceptors (Lipinski definition) is 3. The Morgan fingerprint density at radius 3 is 2.50 bits per heavy atom. The average Bonchev–Trinajstić information content (AvgIpc) is 2.67. The summed E-state index contributed by atoms with van der Waals surface area (Å²) in [6.07, 6.45) is 6.13. The van der Waals surface area contributed by atoms with Crippen LogP contribution >= 0.6 is 11.8 Å². The van der Waals surface area contributed by atoms with Crippen LogP contribution in [0.2, 0.25) is 0 Å². The van der Waals surface area contributed by atoms with E-state index in [0.29, 0.717) is 5.91 Å². The highest BCUT2D eigenvalue weighted by Crippen LogP contribution is 2.23. The Kier molecular flexibility index (Phi) is 6.30. The monoisotopic (exact) mass is 340 g/mol. The lowest BCUT2D eigenvalue weighted by Gasteiger charge is -2.30. The number of rotatable bonds is 6. The number of hydrogen-bond donors (Lipinski definition) is 0. The van der Waals surface area contributed by atoms with Gasteiger partial charge >= 0.3 is 0 Å². The molecule has 0 saturated carbocycles. The Hall–Kier alpha value is -1.81. The average molecular weight is 340 g/mol. The maximum Gasteiger partial charge on any atom is 0.226 e. The molecule has 1 atom stereocenters. The first-order chi connectivity index (χ1) is 11.8. The molecular weight excluding hydrogens is 316 g/mol. The first-order valence-corrected chi connectivity index (χ1v) is 9.68. The molecule has 1 aromatic carbocycles. The van der Waals surface area contributed by atoms with E-state index in [9.17, 15) is 4.79 Å². The first kappa shape index (κ1) is 17.0. The normalized spacial score (nSPS) is 15.9. The topological polar surface area (TPSA) is 33.2 Å². The van der Waals surface area contributed by atoms with E-state index in [1.807, 2.05) is 36.4 Å². The van der Waals surface area contributed by atoms with Gasteiger partial charge in [0.25, 0.3) is 0 Å². The zero-order valence-electron chi connectivity index (χ0n) is 13.9. The maximum absolute atomic E-state index is 13.0. The van der Waals surface area contributed by atoms with Crippen molar-refractivity contribution >= 4 is 17.7 Å². The minimum absolute atomic E-state index is 0.0116. The van der Waals surface area contributed by atoms with Crippen molar-refractivity contribution in [2.24, 2.45) is 5.92 Å². The van der Waals surface area contributed by atoms with Crippen LogP contribution in [-0.2, 0) is 11.2 Å². The van der Waals surface area contributed by atoms with Crippen LogP contribution in [0.1, 0.15) is 24.8 Å². The van der Waals surface area contributed by atoms with E-state index in [-0.39, 0.29) is 5.92 Å². The lowest BCUT2D eigenvalue weighted by Crippen LogP contribution is -2.41. The number of benzene rings is 1. The highest BCUT2D eigenvalue weighted by Gasteiger charge is 2.26. The predicted molar refractivity (Wildman–Crippen MR) is 99.0 cm³/mol. The largest absolute Gasteiger partial charge is 0.342 e. The van der Waals surface area contributed by atoms with Gasteiger partial charge in [-0.1, -0.05) is 36.4 Å². The quantitative estimate of drug-likeness (QED) is 0.744. The van der Waals surface area contributed by atoms with Crippen molar-refractivity contribution in [2.75, 3.05) is 18.8 Å². The summed E-state index contributed by atoms with van der Waals surface area (Å²) in [6, 6.07) is 16.3. The summed E-state index contributed by atoms with van der Waals surface area (Å²) in [5.41, 5.74) is 1.23. The van der Waals surface area contributed by atoms with Gasteiger partial charge in [0.15, 0.2) is 0 Å². The summed E-state index contributed by atoms with van der Waals surface area (Å²) >= 11 is 1.68. The number of aromatic nitrogens is 1. The second kappa shape index (κ2) is 8.88. The first-order valence-electron chi connectivity index (χ1n) is 8.69. The van der Waals surface area contributed by atoms with E-state index in [1.54, 1.807) is 18.0 Å². The van der Waals surface area contributed by atoms with Gasteiger partial charge in [-0.15, -0.1) is 11.8 Å². The smallest absolute Gasteiger partial charge is 0.226 e.